The molecule has 2 aromatic rings. The molecule has 45 heavy (non-hydrogen) atoms. The fourth-order valence-electron chi connectivity index (χ4n) is 6.55. The number of guanidine groups is 2. The number of aliphatic imine (C=N–C) groups is 2. The predicted octanol–water partition coefficient (Wildman–Crippen LogP) is -0.0299. The van der Waals surface area contributed by atoms with E-state index in [1.165, 1.54) is 4.90 Å². The normalized spacial score (nSPS) is 27.5. The lowest BCUT2D eigenvalue weighted by molar-refractivity contribution is -0.230. The molecule has 0 saturated carbocycles. The lowest BCUT2D eigenvalue weighted by Crippen LogP contribution is -2.78. The van der Waals surface area contributed by atoms with Crippen molar-refractivity contribution in [1.29, 1.82) is 0 Å². The molecular weight excluding hydrogens is 597 g/mol. The van der Waals surface area contributed by atoms with Crippen LogP contribution in [0.1, 0.15) is 52.1 Å². The van der Waals surface area contributed by atoms with Gasteiger partial charge in [-0.1, -0.05) is 26.0 Å². The number of alkyl halides is 3. The summed E-state index contributed by atoms with van der Waals surface area (Å²) < 4.78 is 44.6. The van der Waals surface area contributed by atoms with Crippen LogP contribution in [-0.4, -0.2) is 88.1 Å². The SMILES string of the molecule is CC1(C)CCOc2c(C(=O)NC3CN4C(N)=N[C@@H](CNC(=O)c5ccc(C(F)(F)F)cc5)C5N=C(N)NC54C3(O)O)cccc21. The first kappa shape index (κ1) is 30.5. The highest BCUT2D eigenvalue weighted by molar-refractivity contribution is 5.98. The first-order chi connectivity index (χ1) is 21.1. The average molecular weight is 631 g/mol. The van der Waals surface area contributed by atoms with Crippen LogP contribution in [-0.2, 0) is 11.6 Å². The molecule has 0 radical (unpaired) electrons. The van der Waals surface area contributed by atoms with Gasteiger partial charge in [0.1, 0.15) is 17.8 Å². The van der Waals surface area contributed by atoms with Crippen LogP contribution in [0.15, 0.2) is 52.4 Å². The van der Waals surface area contributed by atoms with Crippen LogP contribution in [0.25, 0.3) is 0 Å². The molecule has 16 heteroatoms. The number of aliphatic hydroxyl groups is 2. The maximum absolute atomic E-state index is 13.6. The molecule has 0 bridgehead atoms. The summed E-state index contributed by atoms with van der Waals surface area (Å²) in [4.78, 5) is 36.5. The smallest absolute Gasteiger partial charge is 0.416 e. The van der Waals surface area contributed by atoms with E-state index in [1.807, 2.05) is 6.07 Å². The van der Waals surface area contributed by atoms with Gasteiger partial charge >= 0.3 is 6.18 Å². The van der Waals surface area contributed by atoms with Crippen LogP contribution in [0, 0.1) is 0 Å². The quantitative estimate of drug-likeness (QED) is 0.222. The molecule has 2 aromatic carbocycles. The molecular formula is C29H33F3N8O5. The number of ether oxygens (including phenoxy) is 1. The molecule has 4 heterocycles. The Kier molecular flexibility index (Phi) is 6.93. The van der Waals surface area contributed by atoms with Crippen molar-refractivity contribution >= 4 is 23.7 Å². The summed E-state index contributed by atoms with van der Waals surface area (Å²) >= 11 is 0. The lowest BCUT2D eigenvalue weighted by Gasteiger charge is -2.49. The van der Waals surface area contributed by atoms with Crippen LogP contribution in [0.2, 0.25) is 0 Å². The van der Waals surface area contributed by atoms with E-state index in [9.17, 15) is 33.0 Å². The number of amides is 2. The molecule has 0 aliphatic carbocycles. The first-order valence-electron chi connectivity index (χ1n) is 14.3. The van der Waals surface area contributed by atoms with Crippen LogP contribution >= 0.6 is 0 Å². The third-order valence-corrected chi connectivity index (χ3v) is 9.02. The number of fused-ring (bicyclic) bond motifs is 1. The van der Waals surface area contributed by atoms with Crippen molar-refractivity contribution < 1.29 is 37.7 Å². The Bertz CT molecular complexity index is 1610. The average Bonchev–Trinajstić information content (AvgIpc) is 3.44. The van der Waals surface area contributed by atoms with Gasteiger partial charge in [0, 0.05) is 24.2 Å². The summed E-state index contributed by atoms with van der Waals surface area (Å²) in [6.07, 6.45) is -3.79. The Morgan fingerprint density at radius 3 is 2.51 bits per heavy atom. The number of rotatable bonds is 5. The molecule has 4 aliphatic rings. The monoisotopic (exact) mass is 630 g/mol. The van der Waals surface area contributed by atoms with Gasteiger partial charge in [-0.2, -0.15) is 13.2 Å². The zero-order valence-electron chi connectivity index (χ0n) is 24.4. The number of benzene rings is 2. The largest absolute Gasteiger partial charge is 0.492 e. The summed E-state index contributed by atoms with van der Waals surface area (Å²) in [7, 11) is 0. The van der Waals surface area contributed by atoms with Gasteiger partial charge in [0.05, 0.1) is 23.8 Å². The van der Waals surface area contributed by atoms with E-state index in [4.69, 9.17) is 16.2 Å². The third kappa shape index (κ3) is 4.79. The number of carbonyl (C=O) groups excluding carboxylic acids is 2. The topological polar surface area (TPSA) is 200 Å². The molecule has 1 saturated heterocycles. The van der Waals surface area contributed by atoms with E-state index in [2.05, 4.69) is 39.8 Å². The third-order valence-electron chi connectivity index (χ3n) is 9.02. The van der Waals surface area contributed by atoms with Crippen LogP contribution in [0.5, 0.6) is 5.75 Å². The number of hydrogen-bond acceptors (Lipinski definition) is 11. The van der Waals surface area contributed by atoms with Crippen LogP contribution in [0.3, 0.4) is 0 Å². The van der Waals surface area contributed by atoms with Gasteiger partial charge in [-0.25, -0.2) is 9.98 Å². The Hall–Kier alpha value is -4.57. The summed E-state index contributed by atoms with van der Waals surface area (Å²) in [6, 6.07) is 5.49. The van der Waals surface area contributed by atoms with Crippen LogP contribution in [0.4, 0.5) is 13.2 Å². The summed E-state index contributed by atoms with van der Waals surface area (Å²) in [6.45, 7) is 4.11. The van der Waals surface area contributed by atoms with Gasteiger partial charge in [-0.15, -0.1) is 0 Å². The van der Waals surface area contributed by atoms with E-state index >= 15 is 0 Å². The predicted molar refractivity (Wildman–Crippen MR) is 155 cm³/mol. The maximum atomic E-state index is 13.6. The molecule has 2 amide bonds. The zero-order chi connectivity index (χ0) is 32.5. The van der Waals surface area contributed by atoms with E-state index < -0.39 is 53.1 Å². The Labute approximate surface area is 255 Å². The van der Waals surface area contributed by atoms with Crippen molar-refractivity contribution in [1.82, 2.24) is 20.9 Å². The minimum absolute atomic E-state index is 0.0302. The van der Waals surface area contributed by atoms with Gasteiger partial charge in [0.15, 0.2) is 17.6 Å². The van der Waals surface area contributed by atoms with Crippen molar-refractivity contribution in [2.45, 2.75) is 61.4 Å². The van der Waals surface area contributed by atoms with Crippen molar-refractivity contribution in [3.8, 4) is 5.75 Å². The van der Waals surface area contributed by atoms with Gasteiger partial charge in [0.25, 0.3) is 11.8 Å². The fraction of sp³-hybridized carbons (Fsp3) is 0.448. The second-order valence-corrected chi connectivity index (χ2v) is 12.2. The van der Waals surface area contributed by atoms with Crippen molar-refractivity contribution in [3.05, 3.63) is 64.7 Å². The molecule has 4 aliphatic heterocycles. The lowest BCUT2D eigenvalue weighted by atomic mass is 9.79. The Balaban J connectivity index is 1.23. The van der Waals surface area contributed by atoms with Gasteiger partial charge < -0.3 is 47.3 Å². The standard InChI is InChI=1S/C29H33F3N8O5/c1-26(2)10-11-45-20-16(4-3-5-17(20)26)23(42)37-19-13-40-25(34)36-18(21-27(40,28(19,43)44)39-24(33)38-21)12-35-22(41)14-6-8-15(9-7-14)29(30,31)32/h3-9,18-19,21,43-44H,10-13H2,1-2H3,(H2,34,36)(H,35,41)(H,37,42)(H3,33,38,39)/t18-,19?,21?,27?/m0/s1. The molecule has 1 fully saturated rings. The minimum atomic E-state index is -4.55. The van der Waals surface area contributed by atoms with E-state index in [0.29, 0.717) is 12.4 Å². The molecule has 6 rings (SSSR count). The van der Waals surface area contributed by atoms with Gasteiger partial charge in [-0.05, 0) is 42.2 Å². The Morgan fingerprint density at radius 2 is 1.82 bits per heavy atom. The van der Waals surface area contributed by atoms with Crippen molar-refractivity contribution in [2.75, 3.05) is 19.7 Å². The van der Waals surface area contributed by atoms with Gasteiger partial charge in [0.2, 0.25) is 5.79 Å². The number of para-hydroxylation sites is 1. The van der Waals surface area contributed by atoms with Crippen molar-refractivity contribution in [3.63, 3.8) is 0 Å². The number of nitrogens with two attached hydrogens (primary N) is 2. The summed E-state index contributed by atoms with van der Waals surface area (Å²) in [5.74, 6) is -3.87. The summed E-state index contributed by atoms with van der Waals surface area (Å²) in [5, 5.41) is 31.6. The molecule has 9 N–H and O–H groups in total. The highest BCUT2D eigenvalue weighted by Crippen LogP contribution is 2.45. The molecule has 4 atom stereocenters. The maximum Gasteiger partial charge on any atom is 0.416 e. The first-order valence-corrected chi connectivity index (χ1v) is 14.3. The number of nitrogens with one attached hydrogen (secondary N) is 3. The fourth-order valence-corrected chi connectivity index (χ4v) is 6.55. The van der Waals surface area contributed by atoms with E-state index in [0.717, 1.165) is 36.2 Å². The zero-order valence-corrected chi connectivity index (χ0v) is 24.4. The molecule has 1 spiro atoms. The minimum Gasteiger partial charge on any atom is -0.492 e. The highest BCUT2D eigenvalue weighted by Gasteiger charge is 2.73. The second-order valence-electron chi connectivity index (χ2n) is 12.2. The van der Waals surface area contributed by atoms with Gasteiger partial charge in [-0.3, -0.25) is 9.59 Å². The summed E-state index contributed by atoms with van der Waals surface area (Å²) in [5.41, 5.74) is 10.4. The highest BCUT2D eigenvalue weighted by atomic mass is 19.4. The second kappa shape index (κ2) is 10.2. The number of nitrogens with zero attached hydrogens (tertiary/aromatic N) is 3. The molecule has 0 aromatic heterocycles. The Morgan fingerprint density at radius 1 is 1.11 bits per heavy atom. The number of hydrogen-bond donors (Lipinski definition) is 7. The number of carbonyl (C=O) groups is 2. The van der Waals surface area contributed by atoms with E-state index in [-0.39, 0.29) is 41.6 Å². The molecule has 240 valence electrons. The van der Waals surface area contributed by atoms with E-state index in [1.54, 1.807) is 12.1 Å². The van der Waals surface area contributed by atoms with Crippen LogP contribution < -0.4 is 32.2 Å². The van der Waals surface area contributed by atoms with Crippen molar-refractivity contribution in [2.24, 2.45) is 21.5 Å². The number of halogens is 3. The molecule has 3 unspecified atom stereocenters. The molecule has 13 nitrogen and oxygen atoms in total.